The van der Waals surface area contributed by atoms with Gasteiger partial charge in [-0.05, 0) is 26.3 Å². The monoisotopic (exact) mass is 277 g/mol. The number of rotatable bonds is 6. The molecule has 0 unspecified atom stereocenters. The molecule has 4 nitrogen and oxygen atoms in total. The van der Waals surface area contributed by atoms with Crippen molar-refractivity contribution in [2.75, 3.05) is 13.2 Å². The molecule has 0 bridgehead atoms. The third-order valence-electron chi connectivity index (χ3n) is 2.40. The molecule has 1 N–H and O–H groups in total. The molecule has 20 heavy (non-hydrogen) atoms. The van der Waals surface area contributed by atoms with Gasteiger partial charge in [0.1, 0.15) is 0 Å². The van der Waals surface area contributed by atoms with Gasteiger partial charge in [0.25, 0.3) is 0 Å². The lowest BCUT2D eigenvalue weighted by atomic mass is 10.1. The number of carbonyl (C=O) groups is 1. The Balaban J connectivity index is 2.68. The smallest absolute Gasteiger partial charge is 0.408 e. The Morgan fingerprint density at radius 2 is 2.00 bits per heavy atom. The van der Waals surface area contributed by atoms with Crippen molar-refractivity contribution < 1.29 is 14.3 Å². The maximum atomic E-state index is 11.9. The van der Waals surface area contributed by atoms with Gasteiger partial charge in [-0.2, -0.15) is 0 Å². The Hall–Kier alpha value is -1.81. The first-order valence-electron chi connectivity index (χ1n) is 6.65. The lowest BCUT2D eigenvalue weighted by Crippen LogP contribution is -2.41. The summed E-state index contributed by atoms with van der Waals surface area (Å²) in [6.07, 6.45) is 0.782. The predicted molar refractivity (Wildman–Crippen MR) is 79.6 cm³/mol. The minimum Gasteiger partial charge on any atom is -0.439 e. The molecule has 0 saturated heterocycles. The summed E-state index contributed by atoms with van der Waals surface area (Å²) in [4.78, 5) is 11.9. The molecule has 0 saturated carbocycles. The maximum Gasteiger partial charge on any atom is 0.408 e. The summed E-state index contributed by atoms with van der Waals surface area (Å²) in [7, 11) is 0. The van der Waals surface area contributed by atoms with Gasteiger partial charge in [-0.15, -0.1) is 6.58 Å². The summed E-state index contributed by atoms with van der Waals surface area (Å²) in [6.45, 7) is 10.0. The average Bonchev–Trinajstić information content (AvgIpc) is 2.37. The van der Waals surface area contributed by atoms with Gasteiger partial charge in [0.05, 0.1) is 13.2 Å². The summed E-state index contributed by atoms with van der Waals surface area (Å²) in [5.74, 6) is 0. The van der Waals surface area contributed by atoms with Crippen LogP contribution in [0.15, 0.2) is 43.0 Å². The van der Waals surface area contributed by atoms with Gasteiger partial charge in [-0.1, -0.05) is 36.4 Å². The van der Waals surface area contributed by atoms with E-state index in [0.29, 0.717) is 13.2 Å². The number of carbonyl (C=O) groups excluding carboxylic acids is 1. The van der Waals surface area contributed by atoms with Crippen molar-refractivity contribution in [1.29, 1.82) is 0 Å². The Labute approximate surface area is 120 Å². The van der Waals surface area contributed by atoms with E-state index in [9.17, 15) is 4.79 Å². The van der Waals surface area contributed by atoms with E-state index in [1.54, 1.807) is 6.08 Å². The van der Waals surface area contributed by atoms with Crippen LogP contribution < -0.4 is 5.32 Å². The standard InChI is InChI=1S/C16H23NO3/c1-5-11-19-12-14(13-9-7-6-8-10-13)20-15(18)17-16(2,3)4/h5-10,14H,1,11-12H2,2-4H3,(H,17,18)/t14-/m0/s1. The molecular formula is C16H23NO3. The Kier molecular flexibility index (Phi) is 6.25. The van der Waals surface area contributed by atoms with E-state index >= 15 is 0 Å². The summed E-state index contributed by atoms with van der Waals surface area (Å²) in [5, 5.41) is 2.77. The van der Waals surface area contributed by atoms with Gasteiger partial charge in [0.2, 0.25) is 0 Å². The van der Waals surface area contributed by atoms with Crippen LogP contribution in [0, 0.1) is 0 Å². The Bertz CT molecular complexity index is 423. The second kappa shape index (κ2) is 7.70. The molecule has 1 rings (SSSR count). The van der Waals surface area contributed by atoms with Crippen LogP contribution in [0.25, 0.3) is 0 Å². The zero-order valence-electron chi connectivity index (χ0n) is 12.4. The van der Waals surface area contributed by atoms with Crippen LogP contribution >= 0.6 is 0 Å². The molecule has 110 valence electrons. The summed E-state index contributed by atoms with van der Waals surface area (Å²) >= 11 is 0. The molecule has 0 aliphatic carbocycles. The highest BCUT2D eigenvalue weighted by molar-refractivity contribution is 5.68. The number of amides is 1. The van der Waals surface area contributed by atoms with Crippen LogP contribution in [0.5, 0.6) is 0 Å². The first kappa shape index (κ1) is 16.2. The third kappa shape index (κ3) is 6.38. The maximum absolute atomic E-state index is 11.9. The molecule has 0 spiro atoms. The fraction of sp³-hybridized carbons (Fsp3) is 0.438. The van der Waals surface area contributed by atoms with E-state index in [2.05, 4.69) is 11.9 Å². The molecule has 1 aromatic carbocycles. The molecule has 1 amide bonds. The van der Waals surface area contributed by atoms with Crippen LogP contribution in [0.3, 0.4) is 0 Å². The topological polar surface area (TPSA) is 47.6 Å². The van der Waals surface area contributed by atoms with Crippen molar-refractivity contribution in [3.63, 3.8) is 0 Å². The minimum absolute atomic E-state index is 0.299. The van der Waals surface area contributed by atoms with Crippen LogP contribution in [-0.4, -0.2) is 24.8 Å². The molecule has 4 heteroatoms. The molecule has 0 aliphatic heterocycles. The van der Waals surface area contributed by atoms with Crippen LogP contribution in [0.4, 0.5) is 4.79 Å². The number of alkyl carbamates (subject to hydrolysis) is 1. The van der Waals surface area contributed by atoms with Gasteiger partial charge in [-0.3, -0.25) is 0 Å². The number of ether oxygens (including phenoxy) is 2. The van der Waals surface area contributed by atoms with Crippen molar-refractivity contribution in [3.8, 4) is 0 Å². The normalized spacial score (nSPS) is 12.6. The molecule has 1 atom stereocenters. The van der Waals surface area contributed by atoms with Gasteiger partial charge in [-0.25, -0.2) is 4.79 Å². The zero-order valence-corrected chi connectivity index (χ0v) is 12.4. The highest BCUT2D eigenvalue weighted by Crippen LogP contribution is 2.18. The van der Waals surface area contributed by atoms with Gasteiger partial charge >= 0.3 is 6.09 Å². The molecular weight excluding hydrogens is 254 g/mol. The van der Waals surface area contributed by atoms with Crippen LogP contribution in [0.1, 0.15) is 32.4 Å². The van der Waals surface area contributed by atoms with Gasteiger partial charge in [0.15, 0.2) is 6.10 Å². The quantitative estimate of drug-likeness (QED) is 0.640. The first-order chi connectivity index (χ1) is 9.42. The Morgan fingerprint density at radius 3 is 2.55 bits per heavy atom. The third-order valence-corrected chi connectivity index (χ3v) is 2.40. The van der Waals surface area contributed by atoms with Crippen LogP contribution in [-0.2, 0) is 9.47 Å². The lowest BCUT2D eigenvalue weighted by Gasteiger charge is -2.23. The second-order valence-corrected chi connectivity index (χ2v) is 5.51. The number of nitrogens with one attached hydrogen (secondary N) is 1. The van der Waals surface area contributed by atoms with Crippen LogP contribution in [0.2, 0.25) is 0 Å². The van der Waals surface area contributed by atoms with E-state index < -0.39 is 12.2 Å². The summed E-state index contributed by atoms with van der Waals surface area (Å²) in [5.41, 5.74) is 0.570. The largest absolute Gasteiger partial charge is 0.439 e. The number of benzene rings is 1. The summed E-state index contributed by atoms with van der Waals surface area (Å²) in [6, 6.07) is 9.54. The minimum atomic E-state index is -0.450. The van der Waals surface area contributed by atoms with Crippen molar-refractivity contribution >= 4 is 6.09 Å². The number of hydrogen-bond donors (Lipinski definition) is 1. The first-order valence-corrected chi connectivity index (χ1v) is 6.65. The fourth-order valence-corrected chi connectivity index (χ4v) is 1.59. The molecule has 0 aromatic heterocycles. The van der Waals surface area contributed by atoms with Gasteiger partial charge in [0, 0.05) is 5.54 Å². The molecule has 0 aliphatic rings. The highest BCUT2D eigenvalue weighted by Gasteiger charge is 2.20. The van der Waals surface area contributed by atoms with Crippen molar-refractivity contribution in [3.05, 3.63) is 48.6 Å². The second-order valence-electron chi connectivity index (χ2n) is 5.51. The molecule has 0 heterocycles. The van der Waals surface area contributed by atoms with Crippen molar-refractivity contribution in [2.45, 2.75) is 32.4 Å². The highest BCUT2D eigenvalue weighted by atomic mass is 16.6. The summed E-state index contributed by atoms with van der Waals surface area (Å²) < 4.78 is 10.9. The predicted octanol–water partition coefficient (Wildman–Crippen LogP) is 3.46. The van der Waals surface area contributed by atoms with E-state index in [0.717, 1.165) is 5.56 Å². The van der Waals surface area contributed by atoms with Gasteiger partial charge < -0.3 is 14.8 Å². The lowest BCUT2D eigenvalue weighted by molar-refractivity contribution is 0.0252. The fourth-order valence-electron chi connectivity index (χ4n) is 1.59. The molecule has 0 radical (unpaired) electrons. The zero-order chi connectivity index (χ0) is 15.0. The van der Waals surface area contributed by atoms with Crippen molar-refractivity contribution in [1.82, 2.24) is 5.32 Å². The van der Waals surface area contributed by atoms with E-state index in [4.69, 9.17) is 9.47 Å². The van der Waals surface area contributed by atoms with E-state index in [1.165, 1.54) is 0 Å². The SMILES string of the molecule is C=CCOC[C@H](OC(=O)NC(C)(C)C)c1ccccc1. The molecule has 0 fully saturated rings. The average molecular weight is 277 g/mol. The molecule has 1 aromatic rings. The van der Waals surface area contributed by atoms with Crippen molar-refractivity contribution in [2.24, 2.45) is 0 Å². The van der Waals surface area contributed by atoms with E-state index in [1.807, 2.05) is 51.1 Å². The van der Waals surface area contributed by atoms with E-state index in [-0.39, 0.29) is 5.54 Å². The number of hydrogen-bond acceptors (Lipinski definition) is 3. The Morgan fingerprint density at radius 1 is 1.35 bits per heavy atom.